The van der Waals surface area contributed by atoms with Crippen molar-refractivity contribution in [3.05, 3.63) is 12.2 Å². The zero-order valence-electron chi connectivity index (χ0n) is 4.88. The maximum atomic E-state index is 5.59. The molecule has 46 valence electrons. The minimum Gasteiger partial charge on any atom is -0.327 e. The quantitative estimate of drug-likeness (QED) is 0.433. The second kappa shape index (κ2) is 2.29. The summed E-state index contributed by atoms with van der Waals surface area (Å²) in [6, 6.07) is 0.508. The molecule has 2 unspecified atom stereocenters. The average Bonchev–Trinajstić information content (AvgIpc) is 1.64. The molecule has 0 aliphatic heterocycles. The molecule has 0 amide bonds. The molecule has 2 atom stereocenters. The molecule has 0 saturated carbocycles. The monoisotopic (exact) mass is 112 g/mol. The smallest absolute Gasteiger partial charge is 0.0238 e. The zero-order chi connectivity index (χ0) is 5.98. The summed E-state index contributed by atoms with van der Waals surface area (Å²) in [5.74, 6) is 0. The van der Waals surface area contributed by atoms with E-state index in [0.29, 0.717) is 6.04 Å². The Kier molecular flexibility index (Phi) is 1.65. The highest BCUT2D eigenvalue weighted by atomic mass is 14.7. The maximum absolute atomic E-state index is 5.59. The van der Waals surface area contributed by atoms with Crippen molar-refractivity contribution in [2.45, 2.75) is 24.9 Å². The van der Waals surface area contributed by atoms with E-state index in [9.17, 15) is 0 Å². The molecule has 0 radical (unpaired) electrons. The lowest BCUT2D eigenvalue weighted by Gasteiger charge is -2.16. The highest BCUT2D eigenvalue weighted by Gasteiger charge is 2.08. The van der Waals surface area contributed by atoms with Crippen molar-refractivity contribution in [2.75, 3.05) is 0 Å². The summed E-state index contributed by atoms with van der Waals surface area (Å²) in [6.07, 6.45) is 6.01. The Balaban J connectivity index is 2.42. The fourth-order valence-electron chi connectivity index (χ4n) is 0.953. The van der Waals surface area contributed by atoms with Gasteiger partial charge in [0.15, 0.2) is 0 Å². The standard InChI is InChI=1S/C6H12N2/c7-5-2-1-3-6(8)4-5/h1-2,5-6H,3-4,7-8H2. The van der Waals surface area contributed by atoms with Crippen molar-refractivity contribution in [3.63, 3.8) is 0 Å². The van der Waals surface area contributed by atoms with Crippen LogP contribution in [0.1, 0.15) is 12.8 Å². The van der Waals surface area contributed by atoms with E-state index in [2.05, 4.69) is 6.08 Å². The lowest BCUT2D eigenvalue weighted by Crippen LogP contribution is -2.32. The lowest BCUT2D eigenvalue weighted by atomic mass is 9.99. The van der Waals surface area contributed by atoms with Crippen LogP contribution in [0, 0.1) is 0 Å². The van der Waals surface area contributed by atoms with Crippen LogP contribution in [0.5, 0.6) is 0 Å². The van der Waals surface area contributed by atoms with Crippen molar-refractivity contribution >= 4 is 0 Å². The van der Waals surface area contributed by atoms with E-state index in [4.69, 9.17) is 11.5 Å². The number of nitrogens with two attached hydrogens (primary N) is 2. The van der Waals surface area contributed by atoms with E-state index in [1.54, 1.807) is 0 Å². The molecule has 1 rings (SSSR count). The summed E-state index contributed by atoms with van der Waals surface area (Å²) in [6.45, 7) is 0. The molecule has 0 saturated heterocycles. The maximum Gasteiger partial charge on any atom is 0.0238 e. The molecular formula is C6H12N2. The van der Waals surface area contributed by atoms with Gasteiger partial charge in [-0.25, -0.2) is 0 Å². The Morgan fingerprint density at radius 1 is 1.38 bits per heavy atom. The van der Waals surface area contributed by atoms with Crippen LogP contribution in [0.2, 0.25) is 0 Å². The van der Waals surface area contributed by atoms with Gasteiger partial charge >= 0.3 is 0 Å². The van der Waals surface area contributed by atoms with Gasteiger partial charge in [0.1, 0.15) is 0 Å². The Labute approximate surface area is 49.5 Å². The normalized spacial score (nSPS) is 37.8. The summed E-state index contributed by atoms with van der Waals surface area (Å²) in [5, 5.41) is 0. The minimum atomic E-state index is 0.207. The highest BCUT2D eigenvalue weighted by molar-refractivity contribution is 4.99. The summed E-state index contributed by atoms with van der Waals surface area (Å²) < 4.78 is 0. The zero-order valence-corrected chi connectivity index (χ0v) is 4.88. The third kappa shape index (κ3) is 1.32. The van der Waals surface area contributed by atoms with E-state index in [1.165, 1.54) is 0 Å². The SMILES string of the molecule is NC1C=CCC(N)C1. The number of hydrogen-bond acceptors (Lipinski definition) is 2. The van der Waals surface area contributed by atoms with Gasteiger partial charge in [-0.15, -0.1) is 0 Å². The molecule has 0 aromatic heterocycles. The fraction of sp³-hybridized carbons (Fsp3) is 0.667. The van der Waals surface area contributed by atoms with Gasteiger partial charge in [0.25, 0.3) is 0 Å². The summed E-state index contributed by atoms with van der Waals surface area (Å²) in [7, 11) is 0. The van der Waals surface area contributed by atoms with Gasteiger partial charge in [-0.2, -0.15) is 0 Å². The molecule has 0 fully saturated rings. The molecule has 4 N–H and O–H groups in total. The minimum absolute atomic E-state index is 0.207. The molecular weight excluding hydrogens is 100 g/mol. The van der Waals surface area contributed by atoms with Crippen LogP contribution in [0.25, 0.3) is 0 Å². The van der Waals surface area contributed by atoms with Crippen LogP contribution in [0.15, 0.2) is 12.2 Å². The third-order valence-corrected chi connectivity index (χ3v) is 1.40. The fourth-order valence-corrected chi connectivity index (χ4v) is 0.953. The van der Waals surface area contributed by atoms with Crippen molar-refractivity contribution in [1.82, 2.24) is 0 Å². The van der Waals surface area contributed by atoms with Gasteiger partial charge in [-0.3, -0.25) is 0 Å². The van der Waals surface area contributed by atoms with Gasteiger partial charge in [-0.05, 0) is 12.8 Å². The van der Waals surface area contributed by atoms with E-state index >= 15 is 0 Å². The first-order valence-electron chi connectivity index (χ1n) is 2.97. The topological polar surface area (TPSA) is 52.0 Å². The van der Waals surface area contributed by atoms with E-state index < -0.39 is 0 Å². The predicted molar refractivity (Wildman–Crippen MR) is 34.3 cm³/mol. The number of rotatable bonds is 0. The Hall–Kier alpha value is -0.340. The Morgan fingerprint density at radius 3 is 2.50 bits per heavy atom. The van der Waals surface area contributed by atoms with Crippen LogP contribution in [0.3, 0.4) is 0 Å². The third-order valence-electron chi connectivity index (χ3n) is 1.40. The molecule has 2 nitrogen and oxygen atoms in total. The van der Waals surface area contributed by atoms with Crippen molar-refractivity contribution in [2.24, 2.45) is 11.5 Å². The molecule has 1 aliphatic rings. The Morgan fingerprint density at radius 2 is 2.12 bits per heavy atom. The largest absolute Gasteiger partial charge is 0.327 e. The first-order valence-corrected chi connectivity index (χ1v) is 2.97. The molecule has 8 heavy (non-hydrogen) atoms. The molecule has 0 heterocycles. The molecule has 0 spiro atoms. The van der Waals surface area contributed by atoms with Gasteiger partial charge in [0, 0.05) is 12.1 Å². The molecule has 1 aliphatic carbocycles. The van der Waals surface area contributed by atoms with Crippen LogP contribution in [0.4, 0.5) is 0 Å². The number of hydrogen-bond donors (Lipinski definition) is 2. The van der Waals surface area contributed by atoms with Crippen LogP contribution in [-0.4, -0.2) is 12.1 Å². The Bertz CT molecular complexity index is 98.7. The molecule has 0 aromatic rings. The van der Waals surface area contributed by atoms with Gasteiger partial charge in [-0.1, -0.05) is 12.2 Å². The first kappa shape index (κ1) is 5.79. The second-order valence-electron chi connectivity index (χ2n) is 2.32. The van der Waals surface area contributed by atoms with E-state index in [0.717, 1.165) is 12.8 Å². The van der Waals surface area contributed by atoms with Gasteiger partial charge in [0.2, 0.25) is 0 Å². The molecule has 0 bridgehead atoms. The van der Waals surface area contributed by atoms with Crippen LogP contribution in [-0.2, 0) is 0 Å². The van der Waals surface area contributed by atoms with Gasteiger partial charge in [0.05, 0.1) is 0 Å². The summed E-state index contributed by atoms with van der Waals surface area (Å²) in [4.78, 5) is 0. The second-order valence-corrected chi connectivity index (χ2v) is 2.32. The van der Waals surface area contributed by atoms with Crippen molar-refractivity contribution in [3.8, 4) is 0 Å². The summed E-state index contributed by atoms with van der Waals surface area (Å²) in [5.41, 5.74) is 11.2. The summed E-state index contributed by atoms with van der Waals surface area (Å²) >= 11 is 0. The molecule has 0 aromatic carbocycles. The van der Waals surface area contributed by atoms with E-state index in [1.807, 2.05) is 6.08 Å². The van der Waals surface area contributed by atoms with Crippen molar-refractivity contribution < 1.29 is 0 Å². The van der Waals surface area contributed by atoms with E-state index in [-0.39, 0.29) is 6.04 Å². The van der Waals surface area contributed by atoms with Crippen LogP contribution >= 0.6 is 0 Å². The van der Waals surface area contributed by atoms with Crippen molar-refractivity contribution in [1.29, 1.82) is 0 Å². The lowest BCUT2D eigenvalue weighted by molar-refractivity contribution is 0.555. The first-order chi connectivity index (χ1) is 3.79. The predicted octanol–water partition coefficient (Wildman–Crippen LogP) is -0.00900. The van der Waals surface area contributed by atoms with Gasteiger partial charge < -0.3 is 11.5 Å². The van der Waals surface area contributed by atoms with Crippen LogP contribution < -0.4 is 11.5 Å². The highest BCUT2D eigenvalue weighted by Crippen LogP contribution is 2.06. The average molecular weight is 112 g/mol. The molecule has 2 heteroatoms.